The predicted octanol–water partition coefficient (Wildman–Crippen LogP) is 3.20. The second-order valence-corrected chi connectivity index (χ2v) is 7.40. The summed E-state index contributed by atoms with van der Waals surface area (Å²) in [6.07, 6.45) is 7.43. The van der Waals surface area contributed by atoms with Gasteiger partial charge in [0, 0.05) is 48.9 Å². The number of hydrogen-bond donors (Lipinski definition) is 1. The number of rotatable bonds is 5. The van der Waals surface area contributed by atoms with Gasteiger partial charge in [0.15, 0.2) is 17.3 Å². The van der Waals surface area contributed by atoms with Crippen LogP contribution in [-0.2, 0) is 11.2 Å². The van der Waals surface area contributed by atoms with Gasteiger partial charge >= 0.3 is 0 Å². The second kappa shape index (κ2) is 8.90. The summed E-state index contributed by atoms with van der Waals surface area (Å²) in [5, 5.41) is 9.75. The number of carbonyl (C=O) groups is 1. The normalized spacial score (nSPS) is 16.3. The third kappa shape index (κ3) is 4.40. The Morgan fingerprint density at radius 2 is 2.03 bits per heavy atom. The molecule has 4 rings (SSSR count). The van der Waals surface area contributed by atoms with Crippen molar-refractivity contribution in [2.45, 2.75) is 25.2 Å². The van der Waals surface area contributed by atoms with Gasteiger partial charge in [-0.15, -0.1) is 0 Å². The Balaban J connectivity index is 1.46. The lowest BCUT2D eigenvalue weighted by Gasteiger charge is -2.32. The van der Waals surface area contributed by atoms with Crippen molar-refractivity contribution in [3.8, 4) is 22.9 Å². The van der Waals surface area contributed by atoms with Gasteiger partial charge in [-0.25, -0.2) is 9.97 Å². The molecule has 1 aromatic carbocycles. The molecular weight excluding hydrogens is 380 g/mol. The lowest BCUT2D eigenvalue weighted by Crippen LogP contribution is -2.40. The first-order chi connectivity index (χ1) is 14.6. The third-order valence-corrected chi connectivity index (χ3v) is 5.41. The Kier molecular flexibility index (Phi) is 5.88. The van der Waals surface area contributed by atoms with Crippen LogP contribution in [-0.4, -0.2) is 51.1 Å². The summed E-state index contributed by atoms with van der Waals surface area (Å²) < 4.78 is 5.14. The SMILES string of the molecule is COc1cc(CC(=O)N2CCCC(c3ccnc(-c4ccncc4)n3)C2)ccc1O. The Morgan fingerprint density at radius 1 is 1.20 bits per heavy atom. The van der Waals surface area contributed by atoms with Gasteiger partial charge in [0.2, 0.25) is 5.91 Å². The van der Waals surface area contributed by atoms with Crippen LogP contribution in [0.5, 0.6) is 11.5 Å². The minimum absolute atomic E-state index is 0.0656. The van der Waals surface area contributed by atoms with Crippen molar-refractivity contribution in [1.82, 2.24) is 19.9 Å². The number of aromatic hydroxyl groups is 1. The van der Waals surface area contributed by atoms with Gasteiger partial charge in [-0.1, -0.05) is 6.07 Å². The number of phenolic OH excluding ortho intramolecular Hbond substituents is 1. The Labute approximate surface area is 175 Å². The third-order valence-electron chi connectivity index (χ3n) is 5.41. The van der Waals surface area contributed by atoms with Crippen molar-refractivity contribution in [2.75, 3.05) is 20.2 Å². The molecule has 7 heteroatoms. The van der Waals surface area contributed by atoms with Crippen LogP contribution >= 0.6 is 0 Å². The molecule has 3 aromatic rings. The van der Waals surface area contributed by atoms with Gasteiger partial charge in [-0.05, 0) is 48.7 Å². The summed E-state index contributed by atoms with van der Waals surface area (Å²) in [5.41, 5.74) is 2.70. The highest BCUT2D eigenvalue weighted by molar-refractivity contribution is 5.79. The highest BCUT2D eigenvalue weighted by Crippen LogP contribution is 2.29. The van der Waals surface area contributed by atoms with Gasteiger partial charge in [-0.2, -0.15) is 0 Å². The maximum Gasteiger partial charge on any atom is 0.227 e. The van der Waals surface area contributed by atoms with Crippen LogP contribution in [0, 0.1) is 0 Å². The van der Waals surface area contributed by atoms with Crippen LogP contribution < -0.4 is 4.74 Å². The summed E-state index contributed by atoms with van der Waals surface area (Å²) in [6, 6.07) is 10.7. The molecule has 1 atom stereocenters. The maximum atomic E-state index is 12.9. The van der Waals surface area contributed by atoms with Gasteiger partial charge in [0.1, 0.15) is 0 Å². The number of carbonyl (C=O) groups excluding carboxylic acids is 1. The number of likely N-dealkylation sites (tertiary alicyclic amines) is 1. The van der Waals surface area contributed by atoms with Crippen molar-refractivity contribution < 1.29 is 14.6 Å². The zero-order valence-corrected chi connectivity index (χ0v) is 16.9. The molecule has 0 saturated carbocycles. The number of ether oxygens (including phenoxy) is 1. The zero-order chi connectivity index (χ0) is 20.9. The van der Waals surface area contributed by atoms with Crippen molar-refractivity contribution in [2.24, 2.45) is 0 Å². The van der Waals surface area contributed by atoms with Crippen molar-refractivity contribution in [3.05, 3.63) is 66.2 Å². The van der Waals surface area contributed by atoms with Gasteiger partial charge in [0.25, 0.3) is 0 Å². The molecule has 0 radical (unpaired) electrons. The van der Waals surface area contributed by atoms with Crippen molar-refractivity contribution in [3.63, 3.8) is 0 Å². The fourth-order valence-electron chi connectivity index (χ4n) is 3.80. The van der Waals surface area contributed by atoms with E-state index in [0.29, 0.717) is 18.1 Å². The fraction of sp³-hybridized carbons (Fsp3) is 0.304. The van der Waals surface area contributed by atoms with E-state index in [2.05, 4.69) is 9.97 Å². The number of methoxy groups -OCH3 is 1. The van der Waals surface area contributed by atoms with Crippen molar-refractivity contribution >= 4 is 5.91 Å². The molecule has 0 aliphatic carbocycles. The van der Waals surface area contributed by atoms with Crippen LogP contribution in [0.2, 0.25) is 0 Å². The molecule has 3 heterocycles. The monoisotopic (exact) mass is 404 g/mol. The average molecular weight is 404 g/mol. The number of benzene rings is 1. The predicted molar refractivity (Wildman–Crippen MR) is 112 cm³/mol. The summed E-state index contributed by atoms with van der Waals surface area (Å²) in [4.78, 5) is 28.0. The van der Waals surface area contributed by atoms with E-state index in [9.17, 15) is 9.90 Å². The van der Waals surface area contributed by atoms with E-state index in [1.807, 2.05) is 23.1 Å². The summed E-state index contributed by atoms with van der Waals surface area (Å²) in [6.45, 7) is 1.38. The molecule has 0 spiro atoms. The van der Waals surface area contributed by atoms with E-state index in [0.717, 1.165) is 36.2 Å². The average Bonchev–Trinajstić information content (AvgIpc) is 2.81. The quantitative estimate of drug-likeness (QED) is 0.703. The maximum absolute atomic E-state index is 12.9. The standard InChI is InChI=1S/C23H24N4O3/c1-30-21-13-16(4-5-20(21)28)14-22(29)27-12-2-3-18(15-27)19-8-11-25-23(26-19)17-6-9-24-10-7-17/h4-11,13,18,28H,2-3,12,14-15H2,1H3. The molecule has 1 amide bonds. The number of hydrogen-bond acceptors (Lipinski definition) is 6. The molecule has 2 aromatic heterocycles. The van der Waals surface area contributed by atoms with E-state index in [1.165, 1.54) is 7.11 Å². The summed E-state index contributed by atoms with van der Waals surface area (Å²) >= 11 is 0. The van der Waals surface area contributed by atoms with Gasteiger partial charge in [-0.3, -0.25) is 9.78 Å². The van der Waals surface area contributed by atoms with E-state index in [1.54, 1.807) is 36.8 Å². The zero-order valence-electron chi connectivity index (χ0n) is 16.9. The van der Waals surface area contributed by atoms with Crippen LogP contribution in [0.3, 0.4) is 0 Å². The molecule has 1 unspecified atom stereocenters. The second-order valence-electron chi connectivity index (χ2n) is 7.40. The molecule has 30 heavy (non-hydrogen) atoms. The lowest BCUT2D eigenvalue weighted by molar-refractivity contribution is -0.131. The smallest absolute Gasteiger partial charge is 0.227 e. The minimum Gasteiger partial charge on any atom is -0.504 e. The van der Waals surface area contributed by atoms with Crippen LogP contribution in [0.4, 0.5) is 0 Å². The number of piperidine rings is 1. The molecule has 154 valence electrons. The number of amides is 1. The van der Waals surface area contributed by atoms with Crippen LogP contribution in [0.1, 0.15) is 30.0 Å². The topological polar surface area (TPSA) is 88.4 Å². The highest BCUT2D eigenvalue weighted by atomic mass is 16.5. The van der Waals surface area contributed by atoms with E-state index in [-0.39, 0.29) is 24.0 Å². The van der Waals surface area contributed by atoms with Crippen LogP contribution in [0.15, 0.2) is 55.0 Å². The molecule has 1 aliphatic rings. The Morgan fingerprint density at radius 3 is 2.83 bits per heavy atom. The number of phenols is 1. The summed E-state index contributed by atoms with van der Waals surface area (Å²) in [7, 11) is 1.50. The first-order valence-electron chi connectivity index (χ1n) is 10.0. The molecule has 1 aliphatic heterocycles. The lowest BCUT2D eigenvalue weighted by atomic mass is 9.94. The van der Waals surface area contributed by atoms with Gasteiger partial charge in [0.05, 0.1) is 13.5 Å². The Hall–Kier alpha value is -3.48. The van der Waals surface area contributed by atoms with E-state index in [4.69, 9.17) is 9.72 Å². The number of nitrogens with zero attached hydrogens (tertiary/aromatic N) is 4. The van der Waals surface area contributed by atoms with E-state index >= 15 is 0 Å². The first-order valence-corrected chi connectivity index (χ1v) is 10.0. The molecule has 1 fully saturated rings. The molecule has 1 N–H and O–H groups in total. The highest BCUT2D eigenvalue weighted by Gasteiger charge is 2.26. The summed E-state index contributed by atoms with van der Waals surface area (Å²) in [5.74, 6) is 1.37. The molecular formula is C23H24N4O3. The molecule has 7 nitrogen and oxygen atoms in total. The number of aromatic nitrogens is 3. The minimum atomic E-state index is 0.0656. The Bertz CT molecular complexity index is 1030. The fourth-order valence-corrected chi connectivity index (χ4v) is 3.80. The number of pyridine rings is 1. The molecule has 1 saturated heterocycles. The van der Waals surface area contributed by atoms with Crippen molar-refractivity contribution in [1.29, 1.82) is 0 Å². The van der Waals surface area contributed by atoms with Gasteiger partial charge < -0.3 is 14.7 Å². The van der Waals surface area contributed by atoms with Crippen LogP contribution in [0.25, 0.3) is 11.4 Å². The first kappa shape index (κ1) is 19.8. The largest absolute Gasteiger partial charge is 0.504 e. The molecule has 0 bridgehead atoms. The van der Waals surface area contributed by atoms with E-state index < -0.39 is 0 Å².